The minimum atomic E-state index is -4.50. The van der Waals surface area contributed by atoms with Crippen LogP contribution in [0.1, 0.15) is 27.3 Å². The van der Waals surface area contributed by atoms with Crippen LogP contribution in [0.5, 0.6) is 0 Å². The zero-order valence-electron chi connectivity index (χ0n) is 17.5. The average Bonchev–Trinajstić information content (AvgIpc) is 3.07. The molecule has 1 aliphatic rings. The van der Waals surface area contributed by atoms with Gasteiger partial charge in [-0.3, -0.25) is 4.79 Å². The monoisotopic (exact) mass is 463 g/mol. The first-order chi connectivity index (χ1) is 15.2. The Morgan fingerprint density at radius 2 is 1.78 bits per heavy atom. The molecule has 4 heterocycles. The summed E-state index contributed by atoms with van der Waals surface area (Å²) >= 11 is 6.07. The zero-order chi connectivity index (χ0) is 23.0. The third-order valence-corrected chi connectivity index (χ3v) is 5.83. The highest BCUT2D eigenvalue weighted by atomic mass is 35.5. The van der Waals surface area contributed by atoms with Crippen LogP contribution in [0.4, 0.5) is 19.0 Å². The van der Waals surface area contributed by atoms with E-state index in [9.17, 15) is 18.0 Å². The predicted molar refractivity (Wildman–Crippen MR) is 115 cm³/mol. The summed E-state index contributed by atoms with van der Waals surface area (Å²) in [6, 6.07) is 8.35. The molecule has 0 bridgehead atoms. The van der Waals surface area contributed by atoms with E-state index in [1.54, 1.807) is 16.0 Å². The van der Waals surface area contributed by atoms with Gasteiger partial charge in [0.05, 0.1) is 16.1 Å². The Labute approximate surface area is 188 Å². The van der Waals surface area contributed by atoms with Crippen LogP contribution in [-0.2, 0) is 6.18 Å². The second-order valence-corrected chi connectivity index (χ2v) is 8.02. The van der Waals surface area contributed by atoms with E-state index in [-0.39, 0.29) is 10.9 Å². The van der Waals surface area contributed by atoms with Gasteiger partial charge in [-0.2, -0.15) is 13.2 Å². The summed E-state index contributed by atoms with van der Waals surface area (Å²) in [6.07, 6.45) is -2.01. The predicted octanol–water partition coefficient (Wildman–Crippen LogP) is 4.52. The van der Waals surface area contributed by atoms with Crippen molar-refractivity contribution in [1.82, 2.24) is 19.4 Å². The number of carbonyl (C=O) groups is 1. The molecule has 0 atom stereocenters. The molecule has 4 rings (SSSR count). The molecule has 0 aliphatic carbocycles. The maximum absolute atomic E-state index is 13.2. The lowest BCUT2D eigenvalue weighted by atomic mass is 10.2. The van der Waals surface area contributed by atoms with Crippen molar-refractivity contribution in [1.29, 1.82) is 0 Å². The molecule has 0 spiro atoms. The van der Waals surface area contributed by atoms with Gasteiger partial charge in [0.15, 0.2) is 0 Å². The number of carbonyl (C=O) groups excluding carboxylic acids is 1. The summed E-state index contributed by atoms with van der Waals surface area (Å²) in [5.74, 6) is 0.945. The van der Waals surface area contributed by atoms with Crippen LogP contribution < -0.4 is 4.90 Å². The molecule has 10 heteroatoms. The Hall–Kier alpha value is -3.07. The number of aryl methyl sites for hydroxylation is 1. The van der Waals surface area contributed by atoms with Crippen LogP contribution in [0.2, 0.25) is 5.02 Å². The number of alkyl halides is 3. The first-order valence-corrected chi connectivity index (χ1v) is 10.4. The fourth-order valence-electron chi connectivity index (χ4n) is 3.93. The molecule has 168 valence electrons. The van der Waals surface area contributed by atoms with Gasteiger partial charge in [0.2, 0.25) is 0 Å². The van der Waals surface area contributed by atoms with Crippen molar-refractivity contribution in [2.75, 3.05) is 31.1 Å². The SMILES string of the molecule is Cc1cc(C(=O)N2CCN(c3ncc(C(F)(F)F)cc3Cl)CC2)c(C)n1-c1ccccn1. The average molecular weight is 464 g/mol. The normalized spacial score (nSPS) is 14.7. The van der Waals surface area contributed by atoms with E-state index >= 15 is 0 Å². The van der Waals surface area contributed by atoms with Crippen LogP contribution in [-0.4, -0.2) is 51.5 Å². The number of anilines is 1. The lowest BCUT2D eigenvalue weighted by molar-refractivity contribution is -0.137. The largest absolute Gasteiger partial charge is 0.417 e. The molecule has 3 aromatic heterocycles. The maximum atomic E-state index is 13.2. The quantitative estimate of drug-likeness (QED) is 0.573. The van der Waals surface area contributed by atoms with Gasteiger partial charge in [-0.25, -0.2) is 9.97 Å². The highest BCUT2D eigenvalue weighted by molar-refractivity contribution is 6.33. The van der Waals surface area contributed by atoms with Gasteiger partial charge in [0.25, 0.3) is 5.91 Å². The van der Waals surface area contributed by atoms with Crippen LogP contribution in [0.15, 0.2) is 42.7 Å². The maximum Gasteiger partial charge on any atom is 0.417 e. The number of hydrogen-bond donors (Lipinski definition) is 0. The van der Waals surface area contributed by atoms with Crippen LogP contribution in [0, 0.1) is 13.8 Å². The molecule has 1 saturated heterocycles. The number of nitrogens with zero attached hydrogens (tertiary/aromatic N) is 5. The van der Waals surface area contributed by atoms with Gasteiger partial charge in [-0.15, -0.1) is 0 Å². The molecule has 0 radical (unpaired) electrons. The number of rotatable bonds is 3. The summed E-state index contributed by atoms with van der Waals surface area (Å²) in [4.78, 5) is 25.0. The van der Waals surface area contributed by atoms with Crippen molar-refractivity contribution in [3.05, 3.63) is 70.3 Å². The number of hydrogen-bond acceptors (Lipinski definition) is 4. The summed E-state index contributed by atoms with van der Waals surface area (Å²) in [6.45, 7) is 5.47. The molecule has 0 unspecified atom stereocenters. The second-order valence-electron chi connectivity index (χ2n) is 7.61. The molecule has 0 N–H and O–H groups in total. The standard InChI is InChI=1S/C22H21ClF3N5O/c1-14-11-17(15(2)31(14)19-5-3-4-6-27-19)21(32)30-9-7-29(8-10-30)20-18(23)12-16(13-28-20)22(24,25)26/h3-6,11-13H,7-10H2,1-2H3. The van der Waals surface area contributed by atoms with Gasteiger partial charge in [-0.1, -0.05) is 17.7 Å². The van der Waals surface area contributed by atoms with Crippen molar-refractivity contribution in [2.24, 2.45) is 0 Å². The Bertz CT molecular complexity index is 1140. The highest BCUT2D eigenvalue weighted by Gasteiger charge is 2.33. The summed E-state index contributed by atoms with van der Waals surface area (Å²) in [5.41, 5.74) is 1.43. The molecule has 1 aliphatic heterocycles. The summed E-state index contributed by atoms with van der Waals surface area (Å²) < 4.78 is 40.5. The van der Waals surface area contributed by atoms with Crippen LogP contribution in [0.25, 0.3) is 5.82 Å². The van der Waals surface area contributed by atoms with Crippen LogP contribution in [0.3, 0.4) is 0 Å². The molecular weight excluding hydrogens is 443 g/mol. The highest BCUT2D eigenvalue weighted by Crippen LogP contribution is 2.34. The lowest BCUT2D eigenvalue weighted by Crippen LogP contribution is -2.49. The molecule has 1 fully saturated rings. The number of pyridine rings is 2. The molecule has 1 amide bonds. The van der Waals surface area contributed by atoms with Gasteiger partial charge < -0.3 is 14.4 Å². The Kier molecular flexibility index (Phi) is 5.85. The minimum absolute atomic E-state index is 0.0569. The van der Waals surface area contributed by atoms with Gasteiger partial charge in [0.1, 0.15) is 11.6 Å². The number of piperazine rings is 1. The summed E-state index contributed by atoms with van der Waals surface area (Å²) in [7, 11) is 0. The number of amides is 1. The Morgan fingerprint density at radius 3 is 2.38 bits per heavy atom. The van der Waals surface area contributed by atoms with Gasteiger partial charge in [-0.05, 0) is 38.1 Å². The Balaban J connectivity index is 1.48. The molecule has 0 saturated carbocycles. The van der Waals surface area contributed by atoms with E-state index in [0.29, 0.717) is 37.6 Å². The minimum Gasteiger partial charge on any atom is -0.352 e. The van der Waals surface area contributed by atoms with E-state index in [1.807, 2.05) is 42.7 Å². The molecule has 6 nitrogen and oxygen atoms in total. The first kappa shape index (κ1) is 22.1. The summed E-state index contributed by atoms with van der Waals surface area (Å²) in [5, 5.41) is -0.0569. The fraction of sp³-hybridized carbons (Fsp3) is 0.318. The van der Waals surface area contributed by atoms with Crippen molar-refractivity contribution in [3.63, 3.8) is 0 Å². The molecule has 0 aromatic carbocycles. The first-order valence-electron chi connectivity index (χ1n) is 10.0. The third kappa shape index (κ3) is 4.17. The Morgan fingerprint density at radius 1 is 1.06 bits per heavy atom. The number of aromatic nitrogens is 3. The topological polar surface area (TPSA) is 54.3 Å². The van der Waals surface area contributed by atoms with E-state index < -0.39 is 11.7 Å². The lowest BCUT2D eigenvalue weighted by Gasteiger charge is -2.35. The van der Waals surface area contributed by atoms with E-state index in [4.69, 9.17) is 11.6 Å². The van der Waals surface area contributed by atoms with E-state index in [1.165, 1.54) is 0 Å². The van der Waals surface area contributed by atoms with Gasteiger partial charge >= 0.3 is 6.18 Å². The second kappa shape index (κ2) is 8.46. The molecule has 3 aromatic rings. The van der Waals surface area contributed by atoms with Crippen molar-refractivity contribution in [2.45, 2.75) is 20.0 Å². The van der Waals surface area contributed by atoms with Crippen molar-refractivity contribution >= 4 is 23.3 Å². The van der Waals surface area contributed by atoms with E-state index in [2.05, 4.69) is 9.97 Å². The fourth-order valence-corrected chi connectivity index (χ4v) is 4.21. The number of halogens is 4. The third-order valence-electron chi connectivity index (χ3n) is 5.56. The van der Waals surface area contributed by atoms with Crippen molar-refractivity contribution < 1.29 is 18.0 Å². The van der Waals surface area contributed by atoms with Crippen molar-refractivity contribution in [3.8, 4) is 5.82 Å². The smallest absolute Gasteiger partial charge is 0.352 e. The zero-order valence-corrected chi connectivity index (χ0v) is 18.3. The molecule has 32 heavy (non-hydrogen) atoms. The van der Waals surface area contributed by atoms with E-state index in [0.717, 1.165) is 29.5 Å². The van der Waals surface area contributed by atoms with Gasteiger partial charge in [0, 0.05) is 50.0 Å². The molecular formula is C22H21ClF3N5O. The van der Waals surface area contributed by atoms with Crippen LogP contribution >= 0.6 is 11.6 Å².